The number of carbonyl (C=O) groups is 2. The van der Waals surface area contributed by atoms with E-state index in [1.165, 1.54) is 22.4 Å². The Bertz CT molecular complexity index is 1220. The van der Waals surface area contributed by atoms with E-state index in [2.05, 4.69) is 15.4 Å². The minimum Gasteiger partial charge on any atom is -0.446 e. The normalized spacial score (nSPS) is 20.4. The van der Waals surface area contributed by atoms with Crippen molar-refractivity contribution in [1.29, 1.82) is 0 Å². The van der Waals surface area contributed by atoms with Gasteiger partial charge in [-0.15, -0.1) is 0 Å². The Morgan fingerprint density at radius 3 is 2.65 bits per heavy atom. The van der Waals surface area contributed by atoms with Gasteiger partial charge in [-0.25, -0.2) is 22.9 Å². The second-order valence-corrected chi connectivity index (χ2v) is 8.03. The van der Waals surface area contributed by atoms with Crippen molar-refractivity contribution in [3.8, 4) is 0 Å². The third kappa shape index (κ3) is 3.87. The molecule has 3 aromatic rings. The van der Waals surface area contributed by atoms with Crippen LogP contribution in [-0.4, -0.2) is 50.8 Å². The number of anilines is 2. The highest BCUT2D eigenvalue weighted by molar-refractivity contribution is 5.95. The van der Waals surface area contributed by atoms with E-state index in [9.17, 15) is 22.8 Å². The molecule has 2 aromatic heterocycles. The first-order valence-electron chi connectivity index (χ1n) is 10.4. The Kier molecular flexibility index (Phi) is 5.48. The highest BCUT2D eigenvalue weighted by Crippen LogP contribution is 2.32. The molecule has 0 spiro atoms. The fourth-order valence-electron chi connectivity index (χ4n) is 4.07. The Morgan fingerprint density at radius 1 is 1.18 bits per heavy atom. The van der Waals surface area contributed by atoms with E-state index in [4.69, 9.17) is 9.15 Å². The lowest BCUT2D eigenvalue weighted by atomic mass is 10.1. The number of ether oxygens (including phenoxy) is 1. The Balaban J connectivity index is 1.37. The van der Waals surface area contributed by atoms with Crippen LogP contribution in [0, 0.1) is 17.5 Å². The number of nitrogens with zero attached hydrogens (tertiary/aromatic N) is 5. The molecule has 0 radical (unpaired) electrons. The number of carbonyl (C=O) groups excluding carboxylic acids is 2. The van der Waals surface area contributed by atoms with Gasteiger partial charge in [-0.2, -0.15) is 5.10 Å². The van der Waals surface area contributed by atoms with Crippen LogP contribution in [0.3, 0.4) is 0 Å². The van der Waals surface area contributed by atoms with Crippen molar-refractivity contribution in [3.63, 3.8) is 0 Å². The molecule has 0 saturated carbocycles. The van der Waals surface area contributed by atoms with Crippen LogP contribution in [0.25, 0.3) is 0 Å². The first kappa shape index (κ1) is 21.9. The van der Waals surface area contributed by atoms with Crippen molar-refractivity contribution in [1.82, 2.24) is 19.7 Å². The second-order valence-electron chi connectivity index (χ2n) is 8.03. The Morgan fingerprint density at radius 2 is 1.94 bits per heavy atom. The SMILES string of the molecule is C[C@H]1Cn2ncc(N3C[C@@H](c4cnco4)OCC3=O)c2CN1C(=O)Nc1cc(F)c(F)c(F)c1. The summed E-state index contributed by atoms with van der Waals surface area (Å²) in [5, 5.41) is 6.76. The summed E-state index contributed by atoms with van der Waals surface area (Å²) < 4.78 is 52.9. The number of halogens is 3. The van der Waals surface area contributed by atoms with Gasteiger partial charge >= 0.3 is 6.03 Å². The number of rotatable bonds is 3. The molecule has 13 heteroatoms. The summed E-state index contributed by atoms with van der Waals surface area (Å²) in [6.45, 7) is 2.20. The molecule has 4 heterocycles. The number of aromatic nitrogens is 3. The van der Waals surface area contributed by atoms with Crippen LogP contribution in [0.2, 0.25) is 0 Å². The second kappa shape index (κ2) is 8.48. The monoisotopic (exact) mass is 476 g/mol. The average Bonchev–Trinajstić information content (AvgIpc) is 3.47. The van der Waals surface area contributed by atoms with E-state index in [0.29, 0.717) is 35.8 Å². The molecule has 3 amide bonds. The Labute approximate surface area is 190 Å². The van der Waals surface area contributed by atoms with Crippen LogP contribution in [0.1, 0.15) is 24.5 Å². The minimum absolute atomic E-state index is 0.0755. The molecular weight excluding hydrogens is 457 g/mol. The molecule has 1 fully saturated rings. The summed E-state index contributed by atoms with van der Waals surface area (Å²) in [5.74, 6) is -4.23. The van der Waals surface area contributed by atoms with Crippen molar-refractivity contribution < 1.29 is 31.9 Å². The van der Waals surface area contributed by atoms with E-state index in [0.717, 1.165) is 0 Å². The summed E-state index contributed by atoms with van der Waals surface area (Å²) in [6, 6.07) is 0.453. The third-order valence-corrected chi connectivity index (χ3v) is 5.83. The van der Waals surface area contributed by atoms with Gasteiger partial charge in [0.1, 0.15) is 12.7 Å². The van der Waals surface area contributed by atoms with Crippen LogP contribution in [-0.2, 0) is 22.6 Å². The van der Waals surface area contributed by atoms with Crippen molar-refractivity contribution in [3.05, 3.63) is 59.8 Å². The predicted molar refractivity (Wildman–Crippen MR) is 110 cm³/mol. The van der Waals surface area contributed by atoms with Crippen LogP contribution in [0.4, 0.5) is 29.3 Å². The van der Waals surface area contributed by atoms with Gasteiger partial charge in [-0.05, 0) is 6.92 Å². The quantitative estimate of drug-likeness (QED) is 0.583. The van der Waals surface area contributed by atoms with Gasteiger partial charge in [0.05, 0.1) is 49.5 Å². The van der Waals surface area contributed by atoms with Gasteiger partial charge in [-0.1, -0.05) is 0 Å². The molecule has 0 aliphatic carbocycles. The largest absolute Gasteiger partial charge is 0.446 e. The molecule has 178 valence electrons. The van der Waals surface area contributed by atoms with Crippen LogP contribution in [0.15, 0.2) is 35.3 Å². The van der Waals surface area contributed by atoms with Crippen LogP contribution >= 0.6 is 0 Å². The van der Waals surface area contributed by atoms with Crippen molar-refractivity contribution in [2.75, 3.05) is 23.4 Å². The maximum Gasteiger partial charge on any atom is 0.322 e. The smallest absolute Gasteiger partial charge is 0.322 e. The molecule has 0 unspecified atom stereocenters. The molecule has 2 atom stereocenters. The average molecular weight is 476 g/mol. The van der Waals surface area contributed by atoms with Gasteiger partial charge in [-0.3, -0.25) is 9.48 Å². The van der Waals surface area contributed by atoms with E-state index < -0.39 is 29.6 Å². The minimum atomic E-state index is -1.61. The van der Waals surface area contributed by atoms with E-state index in [-0.39, 0.29) is 37.3 Å². The molecule has 1 saturated heterocycles. The zero-order valence-corrected chi connectivity index (χ0v) is 17.9. The highest BCUT2D eigenvalue weighted by atomic mass is 19.2. The van der Waals surface area contributed by atoms with E-state index >= 15 is 0 Å². The van der Waals surface area contributed by atoms with Gasteiger partial charge < -0.3 is 24.3 Å². The van der Waals surface area contributed by atoms with Gasteiger partial charge in [0, 0.05) is 17.8 Å². The first-order valence-corrected chi connectivity index (χ1v) is 10.4. The topological polar surface area (TPSA) is 106 Å². The summed E-state index contributed by atoms with van der Waals surface area (Å²) in [4.78, 5) is 32.4. The fourth-order valence-corrected chi connectivity index (χ4v) is 4.07. The summed E-state index contributed by atoms with van der Waals surface area (Å²) >= 11 is 0. The highest BCUT2D eigenvalue weighted by Gasteiger charge is 2.36. The van der Waals surface area contributed by atoms with Gasteiger partial charge in [0.25, 0.3) is 5.91 Å². The summed E-state index contributed by atoms with van der Waals surface area (Å²) in [5.41, 5.74) is 0.906. The van der Waals surface area contributed by atoms with Crippen molar-refractivity contribution in [2.45, 2.75) is 32.2 Å². The number of amides is 3. The van der Waals surface area contributed by atoms with Crippen molar-refractivity contribution >= 4 is 23.3 Å². The summed E-state index contributed by atoms with van der Waals surface area (Å²) in [7, 11) is 0. The predicted octanol–water partition coefficient (Wildman–Crippen LogP) is 2.83. The number of hydrogen-bond acceptors (Lipinski definition) is 6. The molecular formula is C21H19F3N6O4. The Hall–Kier alpha value is -3.87. The number of fused-ring (bicyclic) bond motifs is 1. The summed E-state index contributed by atoms with van der Waals surface area (Å²) in [6.07, 6.45) is 3.83. The first-order chi connectivity index (χ1) is 16.3. The number of oxazole rings is 1. The van der Waals surface area contributed by atoms with E-state index in [1.54, 1.807) is 17.8 Å². The lowest BCUT2D eigenvalue weighted by Crippen LogP contribution is -2.48. The number of hydrogen-bond donors (Lipinski definition) is 1. The van der Waals surface area contributed by atoms with Crippen molar-refractivity contribution in [2.24, 2.45) is 0 Å². The van der Waals surface area contributed by atoms with Gasteiger partial charge in [0.2, 0.25) is 0 Å². The molecule has 34 heavy (non-hydrogen) atoms. The molecule has 1 aromatic carbocycles. The lowest BCUT2D eigenvalue weighted by molar-refractivity contribution is -0.130. The maximum atomic E-state index is 13.5. The molecule has 5 rings (SSSR count). The zero-order valence-electron chi connectivity index (χ0n) is 17.9. The molecule has 1 N–H and O–H groups in total. The molecule has 2 aliphatic heterocycles. The number of urea groups is 1. The molecule has 2 aliphatic rings. The van der Waals surface area contributed by atoms with Crippen LogP contribution < -0.4 is 10.2 Å². The number of nitrogens with one attached hydrogen (secondary N) is 1. The third-order valence-electron chi connectivity index (χ3n) is 5.83. The number of benzene rings is 1. The number of morpholine rings is 1. The molecule has 0 bridgehead atoms. The zero-order chi connectivity index (χ0) is 24.0. The lowest BCUT2D eigenvalue weighted by Gasteiger charge is -2.36. The fraction of sp³-hybridized carbons (Fsp3) is 0.333. The van der Waals surface area contributed by atoms with E-state index in [1.807, 2.05) is 0 Å². The standard InChI is InChI=1S/C21H19F3N6O4/c1-11-6-30-16(7-28(11)21(32)27-12-2-13(22)20(24)14(23)3-12)15(4-26-30)29-8-18(33-9-19(29)31)17-5-25-10-34-17/h2-5,10-11,18H,6-9H2,1H3,(H,27,32)/t11-,18-/m0/s1. The van der Waals surface area contributed by atoms with Gasteiger partial charge in [0.15, 0.2) is 29.6 Å². The maximum absolute atomic E-state index is 13.5. The van der Waals surface area contributed by atoms with Crippen LogP contribution in [0.5, 0.6) is 0 Å². The molecule has 10 nitrogen and oxygen atoms in total.